The lowest BCUT2D eigenvalue weighted by molar-refractivity contribution is 0.598. The number of primary sulfonamides is 1. The molecule has 5 N–H and O–H groups in total. The highest BCUT2D eigenvalue weighted by atomic mass is 32.2. The van der Waals surface area contributed by atoms with Gasteiger partial charge in [0.1, 0.15) is 5.01 Å². The largest absolute Gasteiger partial charge is 0.397 e. The number of aromatic nitrogens is 1. The quantitative estimate of drug-likeness (QED) is 0.729. The van der Waals surface area contributed by atoms with Crippen LogP contribution in [0.4, 0.5) is 11.4 Å². The molecule has 1 aromatic carbocycles. The van der Waals surface area contributed by atoms with Gasteiger partial charge in [-0.2, -0.15) is 0 Å². The number of nitrogens with two attached hydrogens (primary N) is 2. The van der Waals surface area contributed by atoms with Crippen LogP contribution < -0.4 is 16.2 Å². The van der Waals surface area contributed by atoms with Gasteiger partial charge in [0.2, 0.25) is 10.0 Å². The van der Waals surface area contributed by atoms with Gasteiger partial charge in [-0.15, -0.1) is 11.3 Å². The van der Waals surface area contributed by atoms with Crippen molar-refractivity contribution in [2.45, 2.75) is 31.2 Å². The Morgan fingerprint density at radius 3 is 2.67 bits per heavy atom. The van der Waals surface area contributed by atoms with E-state index in [-0.39, 0.29) is 10.9 Å². The fourth-order valence-electron chi connectivity index (χ4n) is 1.83. The minimum atomic E-state index is -3.74. The summed E-state index contributed by atoms with van der Waals surface area (Å²) in [6.07, 6.45) is 2.82. The van der Waals surface area contributed by atoms with Crippen LogP contribution >= 0.6 is 11.3 Å². The predicted octanol–water partition coefficient (Wildman–Crippen LogP) is 2.11. The first kappa shape index (κ1) is 15.7. The summed E-state index contributed by atoms with van der Waals surface area (Å²) >= 11 is 1.64. The Labute approximate surface area is 128 Å². The van der Waals surface area contributed by atoms with Crippen LogP contribution in [-0.4, -0.2) is 13.4 Å². The standard InChI is InChI=1S/C13H18N4O2S2/c1-3-9-7-16-13(20-9)8(2)17-12-5-4-10(6-11(12)14)21(15,18)19/h4-8,17H,3,14H2,1-2H3,(H2,15,18,19). The second kappa shape index (κ2) is 6.00. The van der Waals surface area contributed by atoms with E-state index in [2.05, 4.69) is 17.2 Å². The second-order valence-corrected chi connectivity index (χ2v) is 7.39. The summed E-state index contributed by atoms with van der Waals surface area (Å²) < 4.78 is 22.5. The van der Waals surface area contributed by atoms with E-state index in [1.807, 2.05) is 13.1 Å². The lowest BCUT2D eigenvalue weighted by atomic mass is 10.2. The average Bonchev–Trinajstić information content (AvgIpc) is 2.88. The van der Waals surface area contributed by atoms with E-state index in [0.29, 0.717) is 11.4 Å². The van der Waals surface area contributed by atoms with Crippen LogP contribution in [0.5, 0.6) is 0 Å². The number of aryl methyl sites for hydroxylation is 1. The Hall–Kier alpha value is -1.64. The van der Waals surface area contributed by atoms with Crippen LogP contribution in [0, 0.1) is 0 Å². The molecular weight excluding hydrogens is 308 g/mol. The van der Waals surface area contributed by atoms with E-state index in [9.17, 15) is 8.42 Å². The van der Waals surface area contributed by atoms with Crippen LogP contribution in [0.15, 0.2) is 29.3 Å². The SMILES string of the molecule is CCc1cnc(C(C)Nc2ccc(S(N)(=O)=O)cc2N)s1. The Kier molecular flexibility index (Phi) is 4.50. The number of rotatable bonds is 5. The van der Waals surface area contributed by atoms with Crippen molar-refractivity contribution in [2.24, 2.45) is 5.14 Å². The number of sulfonamides is 1. The maximum atomic E-state index is 11.3. The van der Waals surface area contributed by atoms with Gasteiger partial charge in [0.25, 0.3) is 0 Å². The minimum absolute atomic E-state index is 0.000668. The number of nitrogen functional groups attached to an aromatic ring is 1. The van der Waals surface area contributed by atoms with Crippen LogP contribution in [-0.2, 0) is 16.4 Å². The number of thiazole rings is 1. The summed E-state index contributed by atoms with van der Waals surface area (Å²) in [5, 5.41) is 9.26. The predicted molar refractivity (Wildman–Crippen MR) is 85.8 cm³/mol. The molecule has 0 saturated heterocycles. The number of hydrogen-bond donors (Lipinski definition) is 3. The first-order chi connectivity index (χ1) is 9.81. The van der Waals surface area contributed by atoms with Crippen LogP contribution in [0.2, 0.25) is 0 Å². The van der Waals surface area contributed by atoms with E-state index < -0.39 is 10.0 Å². The van der Waals surface area contributed by atoms with Gasteiger partial charge in [-0.1, -0.05) is 6.92 Å². The second-order valence-electron chi connectivity index (χ2n) is 4.68. The number of hydrogen-bond acceptors (Lipinski definition) is 6. The van der Waals surface area contributed by atoms with E-state index in [1.165, 1.54) is 17.0 Å². The minimum Gasteiger partial charge on any atom is -0.397 e. The van der Waals surface area contributed by atoms with Crippen molar-refractivity contribution in [2.75, 3.05) is 11.1 Å². The zero-order valence-electron chi connectivity index (χ0n) is 11.8. The maximum absolute atomic E-state index is 11.3. The Bertz CT molecular complexity index is 740. The lowest BCUT2D eigenvalue weighted by Crippen LogP contribution is -2.13. The molecule has 0 aliphatic rings. The molecular formula is C13H18N4O2S2. The molecule has 114 valence electrons. The molecule has 1 heterocycles. The van der Waals surface area contributed by atoms with Crippen molar-refractivity contribution >= 4 is 32.7 Å². The number of benzene rings is 1. The highest BCUT2D eigenvalue weighted by Crippen LogP contribution is 2.28. The van der Waals surface area contributed by atoms with Gasteiger partial charge in [0.15, 0.2) is 0 Å². The normalized spacial score (nSPS) is 13.1. The van der Waals surface area contributed by atoms with Gasteiger partial charge < -0.3 is 11.1 Å². The molecule has 2 aromatic rings. The van der Waals surface area contributed by atoms with Crippen LogP contribution in [0.25, 0.3) is 0 Å². The summed E-state index contributed by atoms with van der Waals surface area (Å²) in [5.74, 6) is 0. The van der Waals surface area contributed by atoms with Crippen molar-refractivity contribution in [3.05, 3.63) is 34.3 Å². The fraction of sp³-hybridized carbons (Fsp3) is 0.308. The highest BCUT2D eigenvalue weighted by Gasteiger charge is 2.14. The average molecular weight is 326 g/mol. The topological polar surface area (TPSA) is 111 Å². The molecule has 6 nitrogen and oxygen atoms in total. The van der Waals surface area contributed by atoms with E-state index >= 15 is 0 Å². The number of nitrogens with zero attached hydrogens (tertiary/aromatic N) is 1. The summed E-state index contributed by atoms with van der Waals surface area (Å²) in [4.78, 5) is 5.59. The van der Waals surface area contributed by atoms with Gasteiger partial charge in [-0.05, 0) is 31.5 Å². The molecule has 2 rings (SSSR count). The van der Waals surface area contributed by atoms with E-state index in [4.69, 9.17) is 10.9 Å². The van der Waals surface area contributed by atoms with Gasteiger partial charge in [-0.3, -0.25) is 0 Å². The molecule has 21 heavy (non-hydrogen) atoms. The zero-order valence-corrected chi connectivity index (χ0v) is 13.5. The smallest absolute Gasteiger partial charge is 0.238 e. The Morgan fingerprint density at radius 1 is 1.43 bits per heavy atom. The van der Waals surface area contributed by atoms with Crippen molar-refractivity contribution in [3.63, 3.8) is 0 Å². The van der Waals surface area contributed by atoms with E-state index in [1.54, 1.807) is 17.4 Å². The van der Waals surface area contributed by atoms with Crippen LogP contribution in [0.3, 0.4) is 0 Å². The van der Waals surface area contributed by atoms with Crippen LogP contribution in [0.1, 0.15) is 29.8 Å². The van der Waals surface area contributed by atoms with Crippen molar-refractivity contribution in [1.82, 2.24) is 4.98 Å². The molecule has 0 amide bonds. The van der Waals surface area contributed by atoms with Crippen molar-refractivity contribution < 1.29 is 8.42 Å². The summed E-state index contributed by atoms with van der Waals surface area (Å²) in [6, 6.07) is 4.38. The Morgan fingerprint density at radius 2 is 2.14 bits per heavy atom. The molecule has 1 aromatic heterocycles. The third kappa shape index (κ3) is 3.72. The third-order valence-electron chi connectivity index (χ3n) is 3.01. The van der Waals surface area contributed by atoms with Gasteiger partial charge in [-0.25, -0.2) is 18.5 Å². The molecule has 8 heteroatoms. The summed E-state index contributed by atoms with van der Waals surface area (Å²) in [6.45, 7) is 4.06. The molecule has 0 bridgehead atoms. The van der Waals surface area contributed by atoms with Gasteiger partial charge >= 0.3 is 0 Å². The molecule has 0 spiro atoms. The summed E-state index contributed by atoms with van der Waals surface area (Å²) in [7, 11) is -3.74. The molecule has 1 atom stereocenters. The van der Waals surface area contributed by atoms with E-state index in [0.717, 1.165) is 11.4 Å². The molecule has 0 saturated carbocycles. The Balaban J connectivity index is 2.19. The molecule has 1 unspecified atom stereocenters. The number of anilines is 2. The molecule has 0 fully saturated rings. The lowest BCUT2D eigenvalue weighted by Gasteiger charge is -2.15. The number of nitrogens with one attached hydrogen (secondary N) is 1. The van der Waals surface area contributed by atoms with Crippen molar-refractivity contribution in [1.29, 1.82) is 0 Å². The molecule has 0 aliphatic heterocycles. The summed E-state index contributed by atoms with van der Waals surface area (Å²) in [5.41, 5.74) is 6.87. The monoisotopic (exact) mass is 326 g/mol. The first-order valence-electron chi connectivity index (χ1n) is 6.44. The van der Waals surface area contributed by atoms with Gasteiger partial charge in [0.05, 0.1) is 22.3 Å². The first-order valence-corrected chi connectivity index (χ1v) is 8.81. The van der Waals surface area contributed by atoms with Crippen molar-refractivity contribution in [3.8, 4) is 0 Å². The zero-order chi connectivity index (χ0) is 15.6. The highest BCUT2D eigenvalue weighted by molar-refractivity contribution is 7.89. The fourth-order valence-corrected chi connectivity index (χ4v) is 3.24. The maximum Gasteiger partial charge on any atom is 0.238 e. The van der Waals surface area contributed by atoms with Gasteiger partial charge in [0, 0.05) is 11.1 Å². The third-order valence-corrected chi connectivity index (χ3v) is 5.25. The molecule has 0 aliphatic carbocycles. The molecule has 0 radical (unpaired) electrons.